The molecule has 3 heteroatoms. The van der Waals surface area contributed by atoms with E-state index in [0.717, 1.165) is 6.42 Å². The predicted molar refractivity (Wildman–Crippen MR) is 56.6 cm³/mol. The van der Waals surface area contributed by atoms with Crippen LogP contribution in [0.3, 0.4) is 0 Å². The summed E-state index contributed by atoms with van der Waals surface area (Å²) in [5.41, 5.74) is 4.22. The van der Waals surface area contributed by atoms with Crippen LogP contribution < -0.4 is 5.34 Å². The summed E-state index contributed by atoms with van der Waals surface area (Å²) >= 11 is 0. The summed E-state index contributed by atoms with van der Waals surface area (Å²) in [5.74, 6) is 0.664. The van der Waals surface area contributed by atoms with Crippen LogP contribution in [0.2, 0.25) is 0 Å². The maximum Gasteiger partial charge on any atom is 0.301 e. The smallest absolute Gasteiger partial charge is 0.301 e. The van der Waals surface area contributed by atoms with E-state index in [1.165, 1.54) is 17.5 Å². The van der Waals surface area contributed by atoms with Gasteiger partial charge in [0.1, 0.15) is 0 Å². The Labute approximate surface area is 80.1 Å². The quantitative estimate of drug-likeness (QED) is 0.601. The van der Waals surface area contributed by atoms with Crippen molar-refractivity contribution in [3.8, 4) is 0 Å². The Morgan fingerprint density at radius 1 is 1.46 bits per heavy atom. The average molecular weight is 173 g/mol. The van der Waals surface area contributed by atoms with Crippen molar-refractivity contribution in [1.29, 1.82) is 0 Å². The second-order valence-corrected chi connectivity index (χ2v) is 3.89. The molecule has 1 N–H and O–H groups in total. The molecule has 2 rings (SSSR count). The van der Waals surface area contributed by atoms with Gasteiger partial charge in [-0.15, -0.1) is 0 Å². The van der Waals surface area contributed by atoms with E-state index in [2.05, 4.69) is 30.4 Å². The van der Waals surface area contributed by atoms with Crippen LogP contribution in [-0.4, -0.2) is 13.6 Å². The summed E-state index contributed by atoms with van der Waals surface area (Å²) in [5, 5.41) is 6.91. The van der Waals surface area contributed by atoms with Gasteiger partial charge in [-0.05, 0) is 24.3 Å². The number of allylic oxidation sites excluding steroid dienone is 4. The number of rotatable bonds is 1. The fourth-order valence-corrected chi connectivity index (χ4v) is 1.74. The highest BCUT2D eigenvalue weighted by atomic mass is 15.2. The summed E-state index contributed by atoms with van der Waals surface area (Å²) in [6, 6.07) is 0. The van der Waals surface area contributed by atoms with E-state index in [4.69, 9.17) is 0 Å². The lowest BCUT2D eigenvalue weighted by atomic mass is 9.72. The van der Waals surface area contributed by atoms with Crippen LogP contribution >= 0.6 is 0 Å². The van der Waals surface area contributed by atoms with Gasteiger partial charge in [-0.2, -0.15) is 0 Å². The zero-order chi connectivity index (χ0) is 9.26. The van der Waals surface area contributed by atoms with Crippen LogP contribution in [0.4, 0.5) is 0 Å². The number of nitrogens with zero attached hydrogens (tertiary/aromatic N) is 1. The van der Waals surface area contributed by atoms with Crippen LogP contribution in [0.5, 0.6) is 0 Å². The molecule has 1 heterocycles. The fraction of sp³-hybridized carbons (Fsp3) is 0.500. The zero-order valence-corrected chi connectivity index (χ0v) is 8.17. The van der Waals surface area contributed by atoms with Crippen molar-refractivity contribution in [3.05, 3.63) is 22.7 Å². The second-order valence-electron chi connectivity index (χ2n) is 3.89. The molecule has 0 amide bonds. The van der Waals surface area contributed by atoms with E-state index in [0.29, 0.717) is 5.92 Å². The van der Waals surface area contributed by atoms with Gasteiger partial charge in [0.05, 0.1) is 6.21 Å². The number of hydrazone groups is 1. The molecule has 0 aromatic heterocycles. The van der Waals surface area contributed by atoms with Gasteiger partial charge in [0.15, 0.2) is 0 Å². The molecule has 13 heavy (non-hydrogen) atoms. The average Bonchev–Trinajstić information content (AvgIpc) is 2.17. The van der Waals surface area contributed by atoms with E-state index in [-0.39, 0.29) is 0 Å². The Morgan fingerprint density at radius 2 is 2.31 bits per heavy atom. The summed E-state index contributed by atoms with van der Waals surface area (Å²) in [6.07, 6.45) is 6.54. The molecular weight excluding hydrogens is 159 g/mol. The first-order valence-corrected chi connectivity index (χ1v) is 4.83. The Morgan fingerprint density at radius 3 is 3.08 bits per heavy atom. The van der Waals surface area contributed by atoms with E-state index < -0.39 is 0 Å². The van der Waals surface area contributed by atoms with Crippen molar-refractivity contribution in [3.63, 3.8) is 0 Å². The summed E-state index contributed by atoms with van der Waals surface area (Å²) in [4.78, 5) is 0. The summed E-state index contributed by atoms with van der Waals surface area (Å²) < 4.78 is 0. The van der Waals surface area contributed by atoms with E-state index >= 15 is 0 Å². The topological polar surface area (TPSA) is 24.4 Å². The first-order chi connectivity index (χ1) is 6.27. The van der Waals surface area contributed by atoms with Crippen LogP contribution in [0.1, 0.15) is 26.7 Å². The molecule has 1 radical (unpaired) electrons. The molecule has 1 aliphatic heterocycles. The van der Waals surface area contributed by atoms with Gasteiger partial charge in [0.2, 0.25) is 0 Å². The van der Waals surface area contributed by atoms with E-state index in [1.54, 1.807) is 5.57 Å². The van der Waals surface area contributed by atoms with Gasteiger partial charge in [0, 0.05) is 0 Å². The molecule has 0 saturated carbocycles. The highest BCUT2D eigenvalue weighted by Gasteiger charge is 2.16. The maximum absolute atomic E-state index is 4.02. The molecule has 0 aromatic rings. The van der Waals surface area contributed by atoms with E-state index in [1.807, 2.05) is 13.6 Å². The Bertz CT molecular complexity index is 300. The molecule has 0 unspecified atom stereocenters. The lowest BCUT2D eigenvalue weighted by Gasteiger charge is -2.22. The van der Waals surface area contributed by atoms with E-state index in [9.17, 15) is 0 Å². The first-order valence-electron chi connectivity index (χ1n) is 4.83. The van der Waals surface area contributed by atoms with Crippen LogP contribution in [0.15, 0.2) is 27.8 Å². The monoisotopic (exact) mass is 173 g/mol. The number of hydrogen-bond acceptors (Lipinski definition) is 2. The van der Waals surface area contributed by atoms with Crippen molar-refractivity contribution < 1.29 is 0 Å². The Balaban J connectivity index is 2.26. The minimum atomic E-state index is 0.664. The highest BCUT2D eigenvalue weighted by Crippen LogP contribution is 2.27. The zero-order valence-electron chi connectivity index (χ0n) is 8.17. The normalized spacial score (nSPS) is 20.7. The van der Waals surface area contributed by atoms with Crippen LogP contribution in [0.25, 0.3) is 0 Å². The van der Waals surface area contributed by atoms with Crippen molar-refractivity contribution in [2.24, 2.45) is 11.0 Å². The molecule has 2 aliphatic rings. The SMILES string of the molecule is CC(C)C1=CC2=C([B]NN=C2)CC1. The molecule has 0 fully saturated rings. The molecule has 1 aliphatic carbocycles. The molecule has 0 bridgehead atoms. The van der Waals surface area contributed by atoms with Crippen LogP contribution in [-0.2, 0) is 0 Å². The fourth-order valence-electron chi connectivity index (χ4n) is 1.74. The summed E-state index contributed by atoms with van der Waals surface area (Å²) in [7, 11) is 2.00. The van der Waals surface area contributed by atoms with Gasteiger partial charge in [-0.3, -0.25) is 0 Å². The molecule has 0 atom stereocenters. The van der Waals surface area contributed by atoms with Crippen molar-refractivity contribution in [2.75, 3.05) is 0 Å². The van der Waals surface area contributed by atoms with Crippen LogP contribution in [0, 0.1) is 5.92 Å². The van der Waals surface area contributed by atoms with Gasteiger partial charge < -0.3 is 5.34 Å². The Kier molecular flexibility index (Phi) is 2.25. The molecule has 0 aromatic carbocycles. The Hall–Kier alpha value is -0.985. The van der Waals surface area contributed by atoms with Crippen molar-refractivity contribution in [2.45, 2.75) is 26.7 Å². The van der Waals surface area contributed by atoms with Gasteiger partial charge >= 0.3 is 7.41 Å². The standard InChI is InChI=1S/C10H14BN2/c1-7(2)8-3-4-10-9(5-8)6-12-13-11-10/h5-7,13H,3-4H2,1-2H3. The van der Waals surface area contributed by atoms with Gasteiger partial charge in [-0.25, -0.2) is 5.10 Å². The molecule has 0 saturated heterocycles. The second kappa shape index (κ2) is 3.40. The molecule has 67 valence electrons. The molecule has 2 nitrogen and oxygen atoms in total. The molecular formula is C10H14BN2. The third kappa shape index (κ3) is 1.69. The first kappa shape index (κ1) is 8.61. The lowest BCUT2D eigenvalue weighted by molar-refractivity contribution is 0.703. The third-order valence-electron chi connectivity index (χ3n) is 2.65. The van der Waals surface area contributed by atoms with Crippen molar-refractivity contribution >= 4 is 13.6 Å². The highest BCUT2D eigenvalue weighted by molar-refractivity contribution is 6.44. The predicted octanol–water partition coefficient (Wildman–Crippen LogP) is 1.82. The minimum absolute atomic E-state index is 0.664. The maximum atomic E-state index is 4.02. The largest absolute Gasteiger partial charge is 0.353 e. The molecule has 0 spiro atoms. The number of hydrogen-bond donors (Lipinski definition) is 1. The number of nitrogens with one attached hydrogen (secondary N) is 1. The van der Waals surface area contributed by atoms with Crippen molar-refractivity contribution in [1.82, 2.24) is 5.34 Å². The minimum Gasteiger partial charge on any atom is -0.353 e. The third-order valence-corrected chi connectivity index (χ3v) is 2.65. The van der Waals surface area contributed by atoms with Gasteiger partial charge in [0.25, 0.3) is 0 Å². The van der Waals surface area contributed by atoms with Gasteiger partial charge in [-0.1, -0.05) is 31.0 Å². The summed E-state index contributed by atoms with van der Waals surface area (Å²) in [6.45, 7) is 4.50. The lowest BCUT2D eigenvalue weighted by Crippen LogP contribution is -2.23.